The Kier molecular flexibility index (Phi) is 8.84. The molecule has 0 aromatic heterocycles. The summed E-state index contributed by atoms with van der Waals surface area (Å²) < 4.78 is 9.92. The highest BCUT2D eigenvalue weighted by molar-refractivity contribution is 6.33. The highest BCUT2D eigenvalue weighted by Crippen LogP contribution is 2.30. The molecule has 0 amide bonds. The van der Waals surface area contributed by atoms with Crippen LogP contribution in [0.25, 0.3) is 15.8 Å². The number of hydrogen-bond acceptors (Lipinski definition) is 5. The zero-order chi connectivity index (χ0) is 20.4. The highest BCUT2D eigenvalue weighted by atomic mass is 35.5. The van der Waals surface area contributed by atoms with Crippen molar-refractivity contribution in [3.8, 4) is 0 Å². The molecule has 0 radical (unpaired) electrons. The Morgan fingerprint density at radius 1 is 1.11 bits per heavy atom. The second-order valence-corrected chi connectivity index (χ2v) is 5.76. The molecule has 0 heterocycles. The maximum Gasteiger partial charge on any atom is 0.519 e. The van der Waals surface area contributed by atoms with Gasteiger partial charge in [0.15, 0.2) is 0 Å². The lowest BCUT2D eigenvalue weighted by Crippen LogP contribution is -2.36. The minimum Gasteiger partial charge on any atom is -0.465 e. The number of anilines is 1. The molecule has 0 aliphatic rings. The van der Waals surface area contributed by atoms with E-state index in [2.05, 4.69) is 9.69 Å². The Bertz CT molecular complexity index is 785. The zero-order valence-corrected chi connectivity index (χ0v) is 16.2. The van der Waals surface area contributed by atoms with Crippen LogP contribution in [0, 0.1) is 20.1 Å². The fourth-order valence-electron chi connectivity index (χ4n) is 2.26. The molecule has 0 atom stereocenters. The predicted molar refractivity (Wildman–Crippen MR) is 103 cm³/mol. The normalized spacial score (nSPS) is 9.56. The summed E-state index contributed by atoms with van der Waals surface area (Å²) in [5.74, 6) is -1.08. The van der Waals surface area contributed by atoms with Crippen LogP contribution in [0.1, 0.15) is 25.0 Å². The van der Waals surface area contributed by atoms with E-state index in [1.54, 1.807) is 32.9 Å². The molecule has 0 N–H and O–H groups in total. The first-order chi connectivity index (χ1) is 12.9. The predicted octanol–water partition coefficient (Wildman–Crippen LogP) is 3.72. The summed E-state index contributed by atoms with van der Waals surface area (Å²) in [6.45, 7) is 19.2. The maximum atomic E-state index is 11.9. The highest BCUT2D eigenvalue weighted by Gasteiger charge is 2.20. The van der Waals surface area contributed by atoms with Crippen molar-refractivity contribution >= 4 is 35.3 Å². The standard InChI is InChI=1S/C19H20ClN3O4/c1-6-26-18(24)11-23(12-19(25)27-7-2)16-8-13(3)14(9-15(16)20)10-17(21-4)22-5/h8-10H,6-7,11-12H2,1-3H3. The van der Waals surface area contributed by atoms with Crippen molar-refractivity contribution < 1.29 is 19.1 Å². The first-order valence-electron chi connectivity index (χ1n) is 8.19. The Hall–Kier alpha value is -3.03. The molecule has 1 rings (SSSR count). The van der Waals surface area contributed by atoms with Crippen molar-refractivity contribution in [1.29, 1.82) is 0 Å². The number of hydrogen-bond donors (Lipinski definition) is 0. The van der Waals surface area contributed by atoms with E-state index in [4.69, 9.17) is 34.2 Å². The number of aryl methyl sites for hydroxylation is 1. The Morgan fingerprint density at radius 3 is 2.07 bits per heavy atom. The van der Waals surface area contributed by atoms with Gasteiger partial charge in [0.2, 0.25) is 0 Å². The number of carbonyl (C=O) groups excluding carboxylic acids is 2. The minimum absolute atomic E-state index is 0.0863. The fourth-order valence-corrected chi connectivity index (χ4v) is 2.55. The van der Waals surface area contributed by atoms with E-state index in [1.165, 1.54) is 11.0 Å². The van der Waals surface area contributed by atoms with Crippen molar-refractivity contribution in [3.05, 3.63) is 56.9 Å². The van der Waals surface area contributed by atoms with E-state index in [1.807, 2.05) is 0 Å². The van der Waals surface area contributed by atoms with E-state index in [0.717, 1.165) is 5.56 Å². The smallest absolute Gasteiger partial charge is 0.465 e. The molecule has 0 bridgehead atoms. The van der Waals surface area contributed by atoms with Crippen LogP contribution in [0.2, 0.25) is 5.02 Å². The minimum atomic E-state index is -0.497. The van der Waals surface area contributed by atoms with Gasteiger partial charge < -0.3 is 14.4 Å². The SMILES string of the molecule is [C-]#[N+]C(=Cc1cc(Cl)c(N(CC(=O)OCC)CC(=O)OCC)cc1C)[N+]#[C-]. The molecule has 8 heteroatoms. The van der Waals surface area contributed by atoms with Crippen LogP contribution in [0.15, 0.2) is 18.0 Å². The molecule has 1 aromatic carbocycles. The van der Waals surface area contributed by atoms with Gasteiger partial charge in [-0.2, -0.15) is 9.69 Å². The van der Waals surface area contributed by atoms with E-state index in [0.29, 0.717) is 11.3 Å². The Labute approximate surface area is 163 Å². The number of benzene rings is 1. The fraction of sp³-hybridized carbons (Fsp3) is 0.368. The lowest BCUT2D eigenvalue weighted by molar-refractivity contribution is -0.142. The lowest BCUT2D eigenvalue weighted by atomic mass is 10.1. The number of esters is 2. The average molecular weight is 390 g/mol. The molecule has 27 heavy (non-hydrogen) atoms. The maximum absolute atomic E-state index is 11.9. The summed E-state index contributed by atoms with van der Waals surface area (Å²) in [7, 11) is 0. The summed E-state index contributed by atoms with van der Waals surface area (Å²) in [5, 5.41) is 0.273. The zero-order valence-electron chi connectivity index (χ0n) is 15.4. The van der Waals surface area contributed by atoms with Crippen LogP contribution in [0.4, 0.5) is 5.69 Å². The average Bonchev–Trinajstić information content (AvgIpc) is 2.62. The van der Waals surface area contributed by atoms with Gasteiger partial charge in [0.1, 0.15) is 26.2 Å². The monoisotopic (exact) mass is 389 g/mol. The summed E-state index contributed by atoms with van der Waals surface area (Å²) in [6, 6.07) is 3.28. The van der Waals surface area contributed by atoms with Crippen molar-refractivity contribution in [2.75, 3.05) is 31.2 Å². The second kappa shape index (κ2) is 10.8. The van der Waals surface area contributed by atoms with Crippen LogP contribution < -0.4 is 4.90 Å². The van der Waals surface area contributed by atoms with Crippen LogP contribution in [-0.4, -0.2) is 38.2 Å². The van der Waals surface area contributed by atoms with Gasteiger partial charge in [0.05, 0.1) is 23.9 Å². The molecule has 0 saturated carbocycles. The molecule has 1 aromatic rings. The largest absolute Gasteiger partial charge is 0.519 e. The molecular weight excluding hydrogens is 370 g/mol. The number of carbonyl (C=O) groups is 2. The molecule has 0 spiro atoms. The van der Waals surface area contributed by atoms with Gasteiger partial charge >= 0.3 is 17.8 Å². The third-order valence-electron chi connectivity index (χ3n) is 3.44. The van der Waals surface area contributed by atoms with E-state index < -0.39 is 11.9 Å². The molecule has 0 fully saturated rings. The first kappa shape index (κ1) is 22.0. The van der Waals surface area contributed by atoms with Gasteiger partial charge in [-0.05, 0) is 44.0 Å². The quantitative estimate of drug-likeness (QED) is 0.501. The van der Waals surface area contributed by atoms with Gasteiger partial charge in [-0.3, -0.25) is 9.59 Å². The van der Waals surface area contributed by atoms with Crippen LogP contribution >= 0.6 is 11.6 Å². The summed E-state index contributed by atoms with van der Waals surface area (Å²) in [4.78, 5) is 31.6. The van der Waals surface area contributed by atoms with Crippen LogP contribution in [-0.2, 0) is 19.1 Å². The molecule has 0 aliphatic heterocycles. The van der Waals surface area contributed by atoms with Gasteiger partial charge in [-0.1, -0.05) is 11.6 Å². The second-order valence-electron chi connectivity index (χ2n) is 5.35. The number of halogens is 1. The summed E-state index contributed by atoms with van der Waals surface area (Å²) in [6.07, 6.45) is 1.44. The van der Waals surface area contributed by atoms with E-state index in [-0.39, 0.29) is 37.1 Å². The van der Waals surface area contributed by atoms with E-state index in [9.17, 15) is 9.59 Å². The summed E-state index contributed by atoms with van der Waals surface area (Å²) in [5.41, 5.74) is 1.80. The van der Waals surface area contributed by atoms with Crippen molar-refractivity contribution in [1.82, 2.24) is 0 Å². The van der Waals surface area contributed by atoms with Gasteiger partial charge in [-0.25, -0.2) is 0 Å². The third kappa shape index (κ3) is 6.65. The third-order valence-corrected chi connectivity index (χ3v) is 3.74. The van der Waals surface area contributed by atoms with Crippen LogP contribution in [0.3, 0.4) is 0 Å². The molecule has 7 nitrogen and oxygen atoms in total. The van der Waals surface area contributed by atoms with Gasteiger partial charge in [0, 0.05) is 6.08 Å². The Balaban J connectivity index is 3.28. The summed E-state index contributed by atoms with van der Waals surface area (Å²) >= 11 is 6.36. The molecule has 0 saturated heterocycles. The molecule has 142 valence electrons. The van der Waals surface area contributed by atoms with Crippen molar-refractivity contribution in [2.45, 2.75) is 20.8 Å². The van der Waals surface area contributed by atoms with Gasteiger partial charge in [0.25, 0.3) is 0 Å². The van der Waals surface area contributed by atoms with Gasteiger partial charge in [-0.15, -0.1) is 0 Å². The topological polar surface area (TPSA) is 64.6 Å². The first-order valence-corrected chi connectivity index (χ1v) is 8.56. The number of rotatable bonds is 8. The molecule has 0 aliphatic carbocycles. The Morgan fingerprint density at radius 2 is 1.63 bits per heavy atom. The lowest BCUT2D eigenvalue weighted by Gasteiger charge is -2.24. The molecular formula is C19H20ClN3O4. The van der Waals surface area contributed by atoms with Crippen molar-refractivity contribution in [3.63, 3.8) is 0 Å². The number of ether oxygens (including phenoxy) is 2. The van der Waals surface area contributed by atoms with Crippen LogP contribution in [0.5, 0.6) is 0 Å². The number of nitrogens with zero attached hydrogens (tertiary/aromatic N) is 3. The van der Waals surface area contributed by atoms with E-state index >= 15 is 0 Å². The van der Waals surface area contributed by atoms with Crippen molar-refractivity contribution in [2.24, 2.45) is 0 Å². The molecule has 0 unspecified atom stereocenters.